The van der Waals surface area contributed by atoms with E-state index < -0.39 is 9.05 Å². The average molecular weight is 250 g/mol. The Hall–Kier alpha value is 0.987. The Morgan fingerprint density at radius 3 is 1.00 bits per heavy atom. The maximum Gasteiger partial charge on any atom is 1.00 e. The van der Waals surface area contributed by atoms with Gasteiger partial charge in [-0.25, -0.2) is 0 Å². The Morgan fingerprint density at radius 1 is 0.667 bits per heavy atom. The third-order valence-corrected chi connectivity index (χ3v) is 3.85. The Bertz CT molecular complexity index is 102. The van der Waals surface area contributed by atoms with Crippen molar-refractivity contribution in [2.24, 2.45) is 0 Å². The Labute approximate surface area is 115 Å². The Kier molecular flexibility index (Phi) is 18.5. The molecule has 0 bridgehead atoms. The Balaban J connectivity index is -0.000000720. The van der Waals surface area contributed by atoms with Crippen LogP contribution in [0.5, 0.6) is 0 Å². The minimum Gasteiger partial charge on any atom is -1.00 e. The van der Waals surface area contributed by atoms with Crippen LogP contribution in [0.2, 0.25) is 0 Å². The predicted octanol–water partition coefficient (Wildman–Crippen LogP) is -4.42. The summed E-state index contributed by atoms with van der Waals surface area (Å²) in [5.41, 5.74) is 0. The summed E-state index contributed by atoms with van der Waals surface area (Å²) in [6.07, 6.45) is 0. The summed E-state index contributed by atoms with van der Waals surface area (Å²) >= 11 is 0. The van der Waals surface area contributed by atoms with Crippen LogP contribution in [0, 0.1) is 0 Å². The van der Waals surface area contributed by atoms with Crippen molar-refractivity contribution in [2.45, 2.75) is 27.7 Å². The third kappa shape index (κ3) is 8.76. The number of rotatable bonds is 8. The zero-order chi connectivity index (χ0) is 10.2. The molecule has 0 spiro atoms. The topological polar surface area (TPSA) is 36.9 Å². The molecule has 0 unspecified atom stereocenters. The largest absolute Gasteiger partial charge is 1.00 e. The van der Waals surface area contributed by atoms with Crippen LogP contribution in [-0.4, -0.2) is 35.5 Å². The summed E-state index contributed by atoms with van der Waals surface area (Å²) in [4.78, 5) is 0. The summed E-state index contributed by atoms with van der Waals surface area (Å²) in [6, 6.07) is 0. The first-order valence-electron chi connectivity index (χ1n) is 4.80. The summed E-state index contributed by atoms with van der Waals surface area (Å²) in [7, 11) is -2.80. The maximum atomic E-state index is 5.42. The van der Waals surface area contributed by atoms with E-state index in [1.807, 2.05) is 27.7 Å². The van der Waals surface area contributed by atoms with Crippen molar-refractivity contribution in [2.75, 3.05) is 26.4 Å². The SMILES string of the molecule is CCO[Si](OCC)(OCC)OCC.[F-].[Na+]. The molecule has 0 radical (unpaired) electrons. The molecule has 0 atom stereocenters. The number of halogens is 1. The fraction of sp³-hybridized carbons (Fsp3) is 1.00. The quantitative estimate of drug-likeness (QED) is 0.408. The van der Waals surface area contributed by atoms with Crippen LogP contribution >= 0.6 is 0 Å². The van der Waals surface area contributed by atoms with Gasteiger partial charge in [-0.3, -0.25) is 0 Å². The molecule has 0 aromatic heterocycles. The monoisotopic (exact) mass is 250 g/mol. The molecule has 7 heteroatoms. The van der Waals surface area contributed by atoms with Crippen LogP contribution in [-0.2, 0) is 17.7 Å². The standard InChI is InChI=1S/C8H20O4Si.FH.Na/c1-5-9-13(10-6-2,11-7-3)12-8-4;;/h5-8H2,1-4H3;1H;/q;;+1/p-1. The zero-order valence-electron chi connectivity index (χ0n) is 10.3. The molecule has 0 rings (SSSR count). The molecule has 0 fully saturated rings. The van der Waals surface area contributed by atoms with Crippen LogP contribution in [0.15, 0.2) is 0 Å². The molecule has 4 nitrogen and oxygen atoms in total. The van der Waals surface area contributed by atoms with Gasteiger partial charge in [-0.2, -0.15) is 0 Å². The van der Waals surface area contributed by atoms with E-state index in [9.17, 15) is 0 Å². The first-order valence-corrected chi connectivity index (χ1v) is 6.43. The van der Waals surface area contributed by atoms with E-state index >= 15 is 0 Å². The second-order valence-electron chi connectivity index (χ2n) is 2.23. The van der Waals surface area contributed by atoms with Gasteiger partial charge >= 0.3 is 38.6 Å². The second-order valence-corrected chi connectivity index (χ2v) is 4.39. The minimum absolute atomic E-state index is 0. The van der Waals surface area contributed by atoms with Gasteiger partial charge in [0.25, 0.3) is 0 Å². The van der Waals surface area contributed by atoms with Crippen molar-refractivity contribution in [3.05, 3.63) is 0 Å². The summed E-state index contributed by atoms with van der Waals surface area (Å²) < 4.78 is 21.7. The van der Waals surface area contributed by atoms with E-state index in [4.69, 9.17) is 17.7 Å². The smallest absolute Gasteiger partial charge is 1.00 e. The predicted molar refractivity (Wildman–Crippen MR) is 52.3 cm³/mol. The molecule has 15 heavy (non-hydrogen) atoms. The fourth-order valence-electron chi connectivity index (χ4n) is 0.957. The molecule has 88 valence electrons. The van der Waals surface area contributed by atoms with Gasteiger partial charge in [-0.1, -0.05) is 0 Å². The van der Waals surface area contributed by atoms with E-state index in [-0.39, 0.29) is 34.3 Å². The normalized spacial score (nSPS) is 10.4. The summed E-state index contributed by atoms with van der Waals surface area (Å²) in [5, 5.41) is 0. The minimum atomic E-state index is -2.80. The zero-order valence-corrected chi connectivity index (χ0v) is 13.3. The van der Waals surface area contributed by atoms with Crippen molar-refractivity contribution < 1.29 is 52.0 Å². The van der Waals surface area contributed by atoms with Crippen molar-refractivity contribution >= 4 is 9.05 Å². The summed E-state index contributed by atoms with van der Waals surface area (Å²) in [6.45, 7) is 9.80. The van der Waals surface area contributed by atoms with Crippen molar-refractivity contribution in [3.63, 3.8) is 0 Å². The molecule has 0 aromatic carbocycles. The molecule has 0 aliphatic rings. The van der Waals surface area contributed by atoms with Gasteiger partial charge < -0.3 is 22.4 Å². The van der Waals surface area contributed by atoms with Gasteiger partial charge in [0.2, 0.25) is 0 Å². The molecular formula is C8H20FNaO4Si. The van der Waals surface area contributed by atoms with E-state index in [0.717, 1.165) is 0 Å². The van der Waals surface area contributed by atoms with Crippen LogP contribution in [0.1, 0.15) is 27.7 Å². The molecule has 0 saturated heterocycles. The van der Waals surface area contributed by atoms with E-state index in [1.165, 1.54) is 0 Å². The first-order chi connectivity index (χ1) is 6.24. The van der Waals surface area contributed by atoms with Gasteiger partial charge in [0.05, 0.1) is 0 Å². The van der Waals surface area contributed by atoms with Crippen molar-refractivity contribution in [1.29, 1.82) is 0 Å². The molecular weight excluding hydrogens is 230 g/mol. The van der Waals surface area contributed by atoms with Crippen molar-refractivity contribution in [1.82, 2.24) is 0 Å². The van der Waals surface area contributed by atoms with Crippen LogP contribution in [0.25, 0.3) is 0 Å². The van der Waals surface area contributed by atoms with Gasteiger partial charge in [-0.05, 0) is 27.7 Å². The van der Waals surface area contributed by atoms with Crippen LogP contribution in [0.4, 0.5) is 0 Å². The Morgan fingerprint density at radius 2 is 0.867 bits per heavy atom. The third-order valence-electron chi connectivity index (χ3n) is 1.28. The van der Waals surface area contributed by atoms with Crippen molar-refractivity contribution in [3.8, 4) is 0 Å². The van der Waals surface area contributed by atoms with Gasteiger partial charge in [-0.15, -0.1) is 0 Å². The van der Waals surface area contributed by atoms with Gasteiger partial charge in [0.1, 0.15) is 0 Å². The van der Waals surface area contributed by atoms with E-state index in [0.29, 0.717) is 26.4 Å². The molecule has 0 aliphatic carbocycles. The fourth-order valence-corrected chi connectivity index (χ4v) is 2.87. The molecule has 0 amide bonds. The molecule has 0 N–H and O–H groups in total. The average Bonchev–Trinajstić information content (AvgIpc) is 2.06. The van der Waals surface area contributed by atoms with Gasteiger partial charge in [0.15, 0.2) is 0 Å². The van der Waals surface area contributed by atoms with E-state index in [2.05, 4.69) is 0 Å². The summed E-state index contributed by atoms with van der Waals surface area (Å²) in [5.74, 6) is 0. The van der Waals surface area contributed by atoms with Gasteiger partial charge in [0, 0.05) is 26.4 Å². The first kappa shape index (κ1) is 21.3. The van der Waals surface area contributed by atoms with Crippen LogP contribution < -0.4 is 34.3 Å². The molecule has 0 aliphatic heterocycles. The van der Waals surface area contributed by atoms with Crippen LogP contribution in [0.3, 0.4) is 0 Å². The molecule has 0 saturated carbocycles. The maximum absolute atomic E-state index is 5.42. The second kappa shape index (κ2) is 13.1. The van der Waals surface area contributed by atoms with E-state index in [1.54, 1.807) is 0 Å². The molecule has 0 aromatic rings. The number of hydrogen-bond donors (Lipinski definition) is 0. The number of hydrogen-bond acceptors (Lipinski definition) is 4. The molecule has 0 heterocycles.